The van der Waals surface area contributed by atoms with Gasteiger partial charge in [0.2, 0.25) is 5.91 Å². The summed E-state index contributed by atoms with van der Waals surface area (Å²) in [5, 5.41) is 11.5. The zero-order valence-corrected chi connectivity index (χ0v) is 10.9. The van der Waals surface area contributed by atoms with Gasteiger partial charge in [0.1, 0.15) is 6.04 Å². The number of carbonyl (C=O) groups excluding carboxylic acids is 1. The summed E-state index contributed by atoms with van der Waals surface area (Å²) in [6, 6.07) is 1.63. The molecule has 0 radical (unpaired) electrons. The molecule has 0 saturated heterocycles. The van der Waals surface area contributed by atoms with E-state index in [1.807, 2.05) is 0 Å². The van der Waals surface area contributed by atoms with Crippen molar-refractivity contribution in [2.75, 3.05) is 19.5 Å². The molecule has 0 spiro atoms. The third kappa shape index (κ3) is 3.35. The first-order chi connectivity index (χ1) is 8.90. The molecule has 1 rings (SSSR count). The Balaban J connectivity index is 3.39. The van der Waals surface area contributed by atoms with Crippen molar-refractivity contribution in [1.82, 2.24) is 0 Å². The van der Waals surface area contributed by atoms with Crippen LogP contribution in [-0.4, -0.2) is 31.2 Å². The van der Waals surface area contributed by atoms with E-state index in [1.165, 1.54) is 33.3 Å². The van der Waals surface area contributed by atoms with Crippen LogP contribution in [0.4, 0.5) is 5.69 Å². The summed E-state index contributed by atoms with van der Waals surface area (Å²) in [6.45, 7) is 1.31. The molecule has 0 fully saturated rings. The summed E-state index contributed by atoms with van der Waals surface area (Å²) in [4.78, 5) is 22.1. The number of nitrogens with two attached hydrogens (primary N) is 1. The summed E-state index contributed by atoms with van der Waals surface area (Å²) in [5.74, 6) is -0.847. The lowest BCUT2D eigenvalue weighted by Crippen LogP contribution is -2.23. The van der Waals surface area contributed by atoms with Crippen LogP contribution < -0.4 is 20.5 Å². The minimum absolute atomic E-state index is 0.236. The number of hydrogen-bond donors (Lipinski definition) is 3. The van der Waals surface area contributed by atoms with Gasteiger partial charge in [-0.1, -0.05) is 0 Å². The largest absolute Gasteiger partial charge is 0.493 e. The first-order valence-electron chi connectivity index (χ1n) is 5.42. The molecule has 1 amide bonds. The van der Waals surface area contributed by atoms with Gasteiger partial charge in [-0.2, -0.15) is 0 Å². The highest BCUT2D eigenvalue weighted by atomic mass is 16.5. The molecular weight excluding hydrogens is 252 g/mol. The van der Waals surface area contributed by atoms with Gasteiger partial charge in [0.25, 0.3) is 0 Å². The van der Waals surface area contributed by atoms with Crippen molar-refractivity contribution in [3.63, 3.8) is 0 Å². The minimum Gasteiger partial charge on any atom is -0.493 e. The van der Waals surface area contributed by atoms with Crippen molar-refractivity contribution in [3.8, 4) is 11.5 Å². The first kappa shape index (κ1) is 14.8. The first-order valence-corrected chi connectivity index (χ1v) is 5.42. The molecule has 0 unspecified atom stereocenters. The van der Waals surface area contributed by atoms with E-state index in [1.54, 1.807) is 0 Å². The monoisotopic (exact) mass is 268 g/mol. The number of carboxylic acids is 1. The van der Waals surface area contributed by atoms with Gasteiger partial charge in [-0.05, 0) is 6.07 Å². The average Bonchev–Trinajstić information content (AvgIpc) is 2.36. The van der Waals surface area contributed by atoms with Crippen molar-refractivity contribution >= 4 is 17.6 Å². The van der Waals surface area contributed by atoms with Crippen LogP contribution in [0.5, 0.6) is 11.5 Å². The number of ether oxygens (including phenoxy) is 2. The smallest absolute Gasteiger partial charge is 0.325 e. The van der Waals surface area contributed by atoms with E-state index in [0.717, 1.165) is 0 Å². The van der Waals surface area contributed by atoms with Crippen LogP contribution in [-0.2, 0) is 9.59 Å². The highest BCUT2D eigenvalue weighted by molar-refractivity contribution is 5.91. The maximum Gasteiger partial charge on any atom is 0.325 e. The Morgan fingerprint density at radius 1 is 1.26 bits per heavy atom. The molecule has 7 heteroatoms. The molecule has 0 aliphatic heterocycles. The second-order valence-electron chi connectivity index (χ2n) is 3.79. The number of rotatable bonds is 5. The molecular formula is C12H16N2O5. The maximum atomic E-state index is 11.1. The summed E-state index contributed by atoms with van der Waals surface area (Å²) in [5.41, 5.74) is 6.10. The number of benzene rings is 1. The van der Waals surface area contributed by atoms with E-state index in [-0.39, 0.29) is 17.2 Å². The number of anilines is 1. The molecule has 1 aromatic rings. The number of carboxylic acid groups (broad SMARTS) is 1. The third-order valence-corrected chi connectivity index (χ3v) is 2.47. The summed E-state index contributed by atoms with van der Waals surface area (Å²) < 4.78 is 10.2. The van der Waals surface area contributed by atoms with Crippen LogP contribution in [0, 0.1) is 0 Å². The number of hydrogen-bond acceptors (Lipinski definition) is 5. The van der Waals surface area contributed by atoms with Crippen molar-refractivity contribution in [2.45, 2.75) is 13.0 Å². The highest BCUT2D eigenvalue weighted by Crippen LogP contribution is 2.35. The van der Waals surface area contributed by atoms with E-state index in [0.29, 0.717) is 11.5 Å². The topological polar surface area (TPSA) is 111 Å². The number of nitrogens with one attached hydrogen (secondary N) is 1. The maximum absolute atomic E-state index is 11.1. The second kappa shape index (κ2) is 6.05. The lowest BCUT2D eigenvalue weighted by atomic mass is 10.0. The molecule has 4 N–H and O–H groups in total. The van der Waals surface area contributed by atoms with Crippen LogP contribution >= 0.6 is 0 Å². The molecule has 7 nitrogen and oxygen atoms in total. The summed E-state index contributed by atoms with van der Waals surface area (Å²) in [7, 11) is 2.86. The van der Waals surface area contributed by atoms with Gasteiger partial charge >= 0.3 is 5.97 Å². The van der Waals surface area contributed by atoms with Crippen molar-refractivity contribution < 1.29 is 24.2 Å². The average molecular weight is 268 g/mol. The number of aliphatic carboxylic acids is 1. The fourth-order valence-electron chi connectivity index (χ4n) is 1.58. The molecule has 19 heavy (non-hydrogen) atoms. The van der Waals surface area contributed by atoms with Gasteiger partial charge in [-0.15, -0.1) is 0 Å². The lowest BCUT2D eigenvalue weighted by molar-refractivity contribution is -0.138. The standard InChI is InChI=1S/C12H16N2O5/c1-6(15)14-8-5-10(19-3)9(18-2)4-7(8)11(13)12(16)17/h4-5,11H,13H2,1-3H3,(H,14,15)(H,16,17)/t11-/m0/s1. The van der Waals surface area contributed by atoms with Gasteiger partial charge in [0, 0.05) is 18.6 Å². The van der Waals surface area contributed by atoms with Crippen LogP contribution in [0.1, 0.15) is 18.5 Å². The van der Waals surface area contributed by atoms with Crippen LogP contribution in [0.15, 0.2) is 12.1 Å². The van der Waals surface area contributed by atoms with E-state index < -0.39 is 12.0 Å². The van der Waals surface area contributed by atoms with E-state index >= 15 is 0 Å². The summed E-state index contributed by atoms with van der Waals surface area (Å²) >= 11 is 0. The van der Waals surface area contributed by atoms with Gasteiger partial charge in [-0.3, -0.25) is 9.59 Å². The Hall–Kier alpha value is -2.28. The normalized spacial score (nSPS) is 11.6. The lowest BCUT2D eigenvalue weighted by Gasteiger charge is -2.17. The third-order valence-electron chi connectivity index (χ3n) is 2.47. The zero-order chi connectivity index (χ0) is 14.6. The fraction of sp³-hybridized carbons (Fsp3) is 0.333. The van der Waals surface area contributed by atoms with Gasteiger partial charge in [0.15, 0.2) is 11.5 Å². The Labute approximate surface area is 110 Å². The quantitative estimate of drug-likeness (QED) is 0.726. The van der Waals surface area contributed by atoms with Crippen LogP contribution in [0.3, 0.4) is 0 Å². The van der Waals surface area contributed by atoms with Gasteiger partial charge in [-0.25, -0.2) is 0 Å². The highest BCUT2D eigenvalue weighted by Gasteiger charge is 2.21. The molecule has 0 heterocycles. The molecule has 0 saturated carbocycles. The number of amides is 1. The van der Waals surface area contributed by atoms with Crippen LogP contribution in [0.2, 0.25) is 0 Å². The summed E-state index contributed by atoms with van der Waals surface area (Å²) in [6.07, 6.45) is 0. The van der Waals surface area contributed by atoms with E-state index in [2.05, 4.69) is 5.32 Å². The van der Waals surface area contributed by atoms with E-state index in [4.69, 9.17) is 20.3 Å². The van der Waals surface area contributed by atoms with Crippen molar-refractivity contribution in [1.29, 1.82) is 0 Å². The van der Waals surface area contributed by atoms with Gasteiger partial charge in [0.05, 0.1) is 19.9 Å². The minimum atomic E-state index is -1.28. The molecule has 1 atom stereocenters. The van der Waals surface area contributed by atoms with E-state index in [9.17, 15) is 9.59 Å². The van der Waals surface area contributed by atoms with Crippen LogP contribution in [0.25, 0.3) is 0 Å². The Morgan fingerprint density at radius 2 is 1.79 bits per heavy atom. The number of methoxy groups -OCH3 is 2. The molecule has 0 aliphatic carbocycles. The Kier molecular flexibility index (Phi) is 4.71. The van der Waals surface area contributed by atoms with Crippen molar-refractivity contribution in [3.05, 3.63) is 17.7 Å². The second-order valence-corrected chi connectivity index (χ2v) is 3.79. The molecule has 104 valence electrons. The predicted octanol–water partition coefficient (Wildman–Crippen LogP) is 0.747. The zero-order valence-electron chi connectivity index (χ0n) is 10.9. The van der Waals surface area contributed by atoms with Gasteiger partial charge < -0.3 is 25.6 Å². The SMILES string of the molecule is COc1cc(NC(C)=O)c([C@H](N)C(=O)O)cc1OC. The predicted molar refractivity (Wildman–Crippen MR) is 68.4 cm³/mol. The molecule has 0 aliphatic rings. The van der Waals surface area contributed by atoms with Crippen molar-refractivity contribution in [2.24, 2.45) is 5.73 Å². The Bertz CT molecular complexity index is 501. The molecule has 0 aromatic heterocycles. The molecule has 0 bridgehead atoms. The molecule has 1 aromatic carbocycles. The number of carbonyl (C=O) groups is 2. The Morgan fingerprint density at radius 3 is 2.21 bits per heavy atom. The fourth-order valence-corrected chi connectivity index (χ4v) is 1.58.